The number of phenols is 1. The van der Waals surface area contributed by atoms with Crippen molar-refractivity contribution < 1.29 is 9.90 Å². The van der Waals surface area contributed by atoms with Crippen molar-refractivity contribution >= 4 is 22.9 Å². The van der Waals surface area contributed by atoms with E-state index in [0.717, 1.165) is 41.3 Å². The average molecular weight is 306 g/mol. The lowest BCUT2D eigenvalue weighted by Crippen LogP contribution is -2.19. The Bertz CT molecular complexity index is 788. The second-order valence-electron chi connectivity index (χ2n) is 6.10. The number of hydrogen-bond donors (Lipinski definition) is 1. The summed E-state index contributed by atoms with van der Waals surface area (Å²) in [6.07, 6.45) is 2.74. The number of aliphatic imine (C=N–C) groups is 1. The molecule has 0 bridgehead atoms. The van der Waals surface area contributed by atoms with Crippen molar-refractivity contribution in [2.24, 2.45) is 4.99 Å². The largest absolute Gasteiger partial charge is 0.508 e. The Balaban J connectivity index is 1.70. The molecule has 0 atom stereocenters. The fourth-order valence-corrected chi connectivity index (χ4v) is 3.27. The summed E-state index contributed by atoms with van der Waals surface area (Å²) in [5.41, 5.74) is 4.23. The van der Waals surface area contributed by atoms with Gasteiger partial charge in [-0.2, -0.15) is 0 Å². The Morgan fingerprint density at radius 3 is 2.48 bits per heavy atom. The summed E-state index contributed by atoms with van der Waals surface area (Å²) in [6.45, 7) is 2.13. The van der Waals surface area contributed by atoms with Crippen molar-refractivity contribution in [1.82, 2.24) is 0 Å². The number of hydrogen-bond acceptors (Lipinski definition) is 4. The monoisotopic (exact) mass is 306 g/mol. The van der Waals surface area contributed by atoms with Crippen LogP contribution in [0, 0.1) is 0 Å². The van der Waals surface area contributed by atoms with E-state index in [-0.39, 0.29) is 11.5 Å². The van der Waals surface area contributed by atoms with Gasteiger partial charge < -0.3 is 10.0 Å². The van der Waals surface area contributed by atoms with E-state index >= 15 is 0 Å². The molecule has 2 aliphatic rings. The normalized spacial score (nSPS) is 17.1. The Morgan fingerprint density at radius 1 is 1.00 bits per heavy atom. The summed E-state index contributed by atoms with van der Waals surface area (Å²) < 4.78 is 0. The van der Waals surface area contributed by atoms with Crippen LogP contribution in [-0.4, -0.2) is 29.7 Å². The lowest BCUT2D eigenvalue weighted by Gasteiger charge is -2.21. The summed E-state index contributed by atoms with van der Waals surface area (Å²) >= 11 is 0. The molecule has 0 spiro atoms. The van der Waals surface area contributed by atoms with E-state index < -0.39 is 0 Å². The zero-order valence-electron chi connectivity index (χ0n) is 12.8. The van der Waals surface area contributed by atoms with Gasteiger partial charge in [0.25, 0.3) is 0 Å². The van der Waals surface area contributed by atoms with E-state index in [1.54, 1.807) is 24.3 Å². The summed E-state index contributed by atoms with van der Waals surface area (Å²) in [4.78, 5) is 19.5. The van der Waals surface area contributed by atoms with Gasteiger partial charge in [0.2, 0.25) is 0 Å². The highest BCUT2D eigenvalue weighted by atomic mass is 16.3. The van der Waals surface area contributed by atoms with Crippen molar-refractivity contribution in [3.63, 3.8) is 0 Å². The van der Waals surface area contributed by atoms with Crippen LogP contribution in [0.15, 0.2) is 47.5 Å². The lowest BCUT2D eigenvalue weighted by atomic mass is 9.95. The van der Waals surface area contributed by atoms with Crippen LogP contribution in [0.4, 0.5) is 11.4 Å². The van der Waals surface area contributed by atoms with Gasteiger partial charge in [0.15, 0.2) is 5.78 Å². The number of aromatic hydroxyl groups is 1. The molecule has 0 aliphatic carbocycles. The molecule has 1 saturated heterocycles. The number of phenolic OH excluding ortho intramolecular Hbond substituents is 1. The van der Waals surface area contributed by atoms with Gasteiger partial charge in [-0.1, -0.05) is 0 Å². The quantitative estimate of drug-likeness (QED) is 0.920. The number of nitrogens with zero attached hydrogens (tertiary/aromatic N) is 2. The highest BCUT2D eigenvalue weighted by molar-refractivity contribution is 6.21. The molecule has 4 nitrogen and oxygen atoms in total. The standard InChI is InChI=1S/C19H18N2O2/c22-15-6-3-13(4-7-15)18-12-19(23)16-11-14(5-8-17(16)20-18)21-9-1-2-10-21/h3-8,11,22H,1-2,9-10,12H2. The third kappa shape index (κ3) is 2.61. The number of fused-ring (bicyclic) bond motifs is 1. The van der Waals surface area contributed by atoms with Gasteiger partial charge in [0.1, 0.15) is 5.75 Å². The first kappa shape index (κ1) is 14.0. The average Bonchev–Trinajstić information content (AvgIpc) is 3.10. The van der Waals surface area contributed by atoms with E-state index in [0.29, 0.717) is 6.42 Å². The molecular weight excluding hydrogens is 288 g/mol. The van der Waals surface area contributed by atoms with Crippen LogP contribution in [-0.2, 0) is 0 Å². The van der Waals surface area contributed by atoms with Gasteiger partial charge >= 0.3 is 0 Å². The van der Waals surface area contributed by atoms with E-state index in [4.69, 9.17) is 0 Å². The first-order chi connectivity index (χ1) is 11.2. The molecule has 4 heteroatoms. The Hall–Kier alpha value is -2.62. The van der Waals surface area contributed by atoms with Crippen LogP contribution in [0.3, 0.4) is 0 Å². The number of benzene rings is 2. The molecule has 0 amide bonds. The van der Waals surface area contributed by atoms with Crippen molar-refractivity contribution in [3.8, 4) is 5.75 Å². The minimum atomic E-state index is 0.110. The maximum Gasteiger partial charge on any atom is 0.171 e. The topological polar surface area (TPSA) is 52.9 Å². The summed E-state index contributed by atoms with van der Waals surface area (Å²) in [7, 11) is 0. The van der Waals surface area contributed by atoms with E-state index in [1.165, 1.54) is 12.8 Å². The zero-order chi connectivity index (χ0) is 15.8. The Kier molecular flexibility index (Phi) is 3.37. The van der Waals surface area contributed by atoms with Gasteiger partial charge in [0, 0.05) is 24.3 Å². The zero-order valence-corrected chi connectivity index (χ0v) is 12.8. The van der Waals surface area contributed by atoms with Gasteiger partial charge in [-0.15, -0.1) is 0 Å². The third-order valence-electron chi connectivity index (χ3n) is 4.54. The molecule has 0 unspecified atom stereocenters. The number of carbonyl (C=O) groups is 1. The second kappa shape index (κ2) is 5.54. The van der Waals surface area contributed by atoms with Crippen LogP contribution >= 0.6 is 0 Å². The predicted molar refractivity (Wildman–Crippen MR) is 91.1 cm³/mol. The number of carbonyl (C=O) groups excluding carboxylic acids is 1. The summed E-state index contributed by atoms with van der Waals surface area (Å²) in [6, 6.07) is 12.8. The fourth-order valence-electron chi connectivity index (χ4n) is 3.27. The molecule has 116 valence electrons. The van der Waals surface area contributed by atoms with Crippen LogP contribution < -0.4 is 4.90 Å². The molecule has 2 aromatic rings. The fraction of sp³-hybridized carbons (Fsp3) is 0.263. The highest BCUT2D eigenvalue weighted by Gasteiger charge is 2.23. The number of ketones is 1. The molecular formula is C19H18N2O2. The predicted octanol–water partition coefficient (Wildman–Crippen LogP) is 3.70. The maximum atomic E-state index is 12.6. The highest BCUT2D eigenvalue weighted by Crippen LogP contribution is 2.32. The smallest absolute Gasteiger partial charge is 0.171 e. The number of anilines is 1. The van der Waals surface area contributed by atoms with Crippen molar-refractivity contribution in [3.05, 3.63) is 53.6 Å². The molecule has 1 N–H and O–H groups in total. The van der Waals surface area contributed by atoms with Crippen LogP contribution in [0.5, 0.6) is 5.75 Å². The molecule has 0 aromatic heterocycles. The molecule has 0 saturated carbocycles. The second-order valence-corrected chi connectivity index (χ2v) is 6.10. The van der Waals surface area contributed by atoms with Crippen molar-refractivity contribution in [1.29, 1.82) is 0 Å². The van der Waals surface area contributed by atoms with E-state index in [2.05, 4.69) is 16.0 Å². The molecule has 4 rings (SSSR count). The van der Waals surface area contributed by atoms with Gasteiger partial charge in [-0.25, -0.2) is 0 Å². The van der Waals surface area contributed by atoms with Gasteiger partial charge in [-0.3, -0.25) is 9.79 Å². The third-order valence-corrected chi connectivity index (χ3v) is 4.54. The molecule has 0 radical (unpaired) electrons. The molecule has 2 aliphatic heterocycles. The van der Waals surface area contributed by atoms with Crippen molar-refractivity contribution in [2.75, 3.05) is 18.0 Å². The summed E-state index contributed by atoms with van der Waals surface area (Å²) in [5, 5.41) is 9.39. The number of rotatable bonds is 2. The van der Waals surface area contributed by atoms with Crippen LogP contribution in [0.2, 0.25) is 0 Å². The van der Waals surface area contributed by atoms with Gasteiger partial charge in [-0.05, 0) is 60.9 Å². The SMILES string of the molecule is O=C1CC(c2ccc(O)cc2)=Nc2ccc(N3CCCC3)cc21. The Morgan fingerprint density at radius 2 is 1.74 bits per heavy atom. The molecule has 23 heavy (non-hydrogen) atoms. The maximum absolute atomic E-state index is 12.6. The molecule has 2 aromatic carbocycles. The summed E-state index contributed by atoms with van der Waals surface area (Å²) in [5.74, 6) is 0.325. The van der Waals surface area contributed by atoms with E-state index in [9.17, 15) is 9.90 Å². The van der Waals surface area contributed by atoms with Crippen LogP contribution in [0.1, 0.15) is 35.2 Å². The number of Topliss-reactive ketones (excluding diaryl/α,β-unsaturated/α-hetero) is 1. The van der Waals surface area contributed by atoms with Gasteiger partial charge in [0.05, 0.1) is 17.8 Å². The first-order valence-corrected chi connectivity index (χ1v) is 8.00. The van der Waals surface area contributed by atoms with Crippen molar-refractivity contribution in [2.45, 2.75) is 19.3 Å². The Labute approximate surface area is 135 Å². The minimum Gasteiger partial charge on any atom is -0.508 e. The van der Waals surface area contributed by atoms with E-state index in [1.807, 2.05) is 12.1 Å². The van der Waals surface area contributed by atoms with Crippen LogP contribution in [0.25, 0.3) is 0 Å². The minimum absolute atomic E-state index is 0.110. The first-order valence-electron chi connectivity index (χ1n) is 8.00. The molecule has 1 fully saturated rings. The molecule has 2 heterocycles. The lowest BCUT2D eigenvalue weighted by molar-refractivity contribution is 0.1000.